The number of nitrogens with two attached hydrogens (primary N) is 1. The molecule has 0 bridgehead atoms. The summed E-state index contributed by atoms with van der Waals surface area (Å²) in [6.07, 6.45) is 2.07. The van der Waals surface area contributed by atoms with E-state index in [9.17, 15) is 0 Å². The van der Waals surface area contributed by atoms with Gasteiger partial charge in [-0.3, -0.25) is 0 Å². The summed E-state index contributed by atoms with van der Waals surface area (Å²) in [7, 11) is 2.14. The van der Waals surface area contributed by atoms with Crippen molar-refractivity contribution in [1.82, 2.24) is 0 Å². The fourth-order valence-electron chi connectivity index (χ4n) is 2.31. The summed E-state index contributed by atoms with van der Waals surface area (Å²) >= 11 is 6.11. The van der Waals surface area contributed by atoms with Gasteiger partial charge in [0.2, 0.25) is 0 Å². The SMILES string of the molecule is CC(C)CC(C)N(C)c1cc(Cl)ccc1CCN. The van der Waals surface area contributed by atoms with Crippen molar-refractivity contribution in [1.29, 1.82) is 0 Å². The van der Waals surface area contributed by atoms with E-state index in [1.54, 1.807) is 0 Å². The van der Waals surface area contributed by atoms with Crippen LogP contribution in [0.2, 0.25) is 5.02 Å². The van der Waals surface area contributed by atoms with Crippen LogP contribution in [-0.4, -0.2) is 19.6 Å². The van der Waals surface area contributed by atoms with E-state index in [2.05, 4.69) is 38.8 Å². The molecule has 1 atom stereocenters. The average Bonchev–Trinajstić information content (AvgIpc) is 2.30. The minimum Gasteiger partial charge on any atom is -0.372 e. The highest BCUT2D eigenvalue weighted by Crippen LogP contribution is 2.27. The summed E-state index contributed by atoms with van der Waals surface area (Å²) in [5, 5.41) is 0.786. The summed E-state index contributed by atoms with van der Waals surface area (Å²) in [5.41, 5.74) is 8.16. The molecule has 0 amide bonds. The molecule has 0 spiro atoms. The first-order valence-electron chi connectivity index (χ1n) is 6.67. The van der Waals surface area contributed by atoms with Gasteiger partial charge in [-0.1, -0.05) is 31.5 Å². The standard InChI is InChI=1S/C15H25ClN2/c1-11(2)9-12(3)18(4)15-10-14(16)6-5-13(15)7-8-17/h5-6,10-12H,7-9,17H2,1-4H3. The van der Waals surface area contributed by atoms with Crippen molar-refractivity contribution in [2.45, 2.75) is 39.7 Å². The molecule has 0 radical (unpaired) electrons. The molecular formula is C15H25ClN2. The Labute approximate surface area is 116 Å². The van der Waals surface area contributed by atoms with E-state index in [4.69, 9.17) is 17.3 Å². The monoisotopic (exact) mass is 268 g/mol. The van der Waals surface area contributed by atoms with Crippen LogP contribution in [0.3, 0.4) is 0 Å². The minimum absolute atomic E-state index is 0.500. The largest absolute Gasteiger partial charge is 0.372 e. The number of hydrogen-bond acceptors (Lipinski definition) is 2. The number of hydrogen-bond donors (Lipinski definition) is 1. The van der Waals surface area contributed by atoms with Gasteiger partial charge in [0.25, 0.3) is 0 Å². The number of benzene rings is 1. The van der Waals surface area contributed by atoms with E-state index in [1.165, 1.54) is 17.7 Å². The van der Waals surface area contributed by atoms with Gasteiger partial charge in [-0.2, -0.15) is 0 Å². The number of nitrogens with zero attached hydrogens (tertiary/aromatic N) is 1. The van der Waals surface area contributed by atoms with Gasteiger partial charge in [-0.25, -0.2) is 0 Å². The Morgan fingerprint density at radius 2 is 1.94 bits per heavy atom. The van der Waals surface area contributed by atoms with Crippen molar-refractivity contribution in [3.05, 3.63) is 28.8 Å². The Balaban J connectivity index is 2.95. The first-order valence-corrected chi connectivity index (χ1v) is 7.04. The van der Waals surface area contributed by atoms with Crippen LogP contribution >= 0.6 is 11.6 Å². The lowest BCUT2D eigenvalue weighted by molar-refractivity contribution is 0.503. The highest BCUT2D eigenvalue weighted by Gasteiger charge is 2.15. The van der Waals surface area contributed by atoms with Gasteiger partial charge in [0, 0.05) is 23.8 Å². The lowest BCUT2D eigenvalue weighted by Crippen LogP contribution is -2.31. The number of rotatable bonds is 6. The van der Waals surface area contributed by atoms with E-state index in [0.717, 1.165) is 11.4 Å². The molecule has 102 valence electrons. The third-order valence-electron chi connectivity index (χ3n) is 3.31. The molecule has 0 saturated heterocycles. The van der Waals surface area contributed by atoms with Gasteiger partial charge in [-0.05, 0) is 49.9 Å². The van der Waals surface area contributed by atoms with E-state index in [1.807, 2.05) is 12.1 Å². The molecule has 18 heavy (non-hydrogen) atoms. The molecule has 0 aliphatic rings. The van der Waals surface area contributed by atoms with Crippen molar-refractivity contribution >= 4 is 17.3 Å². The van der Waals surface area contributed by atoms with Gasteiger partial charge in [0.15, 0.2) is 0 Å². The molecule has 1 aromatic carbocycles. The van der Waals surface area contributed by atoms with Gasteiger partial charge in [0.1, 0.15) is 0 Å². The van der Waals surface area contributed by atoms with Gasteiger partial charge in [-0.15, -0.1) is 0 Å². The topological polar surface area (TPSA) is 29.3 Å². The van der Waals surface area contributed by atoms with Crippen molar-refractivity contribution in [3.8, 4) is 0 Å². The second-order valence-corrected chi connectivity index (χ2v) is 5.84. The third-order valence-corrected chi connectivity index (χ3v) is 3.55. The molecule has 2 N–H and O–H groups in total. The molecule has 1 unspecified atom stereocenters. The van der Waals surface area contributed by atoms with E-state index >= 15 is 0 Å². The molecule has 0 aliphatic heterocycles. The number of anilines is 1. The maximum Gasteiger partial charge on any atom is 0.0426 e. The van der Waals surface area contributed by atoms with Crippen LogP contribution in [-0.2, 0) is 6.42 Å². The van der Waals surface area contributed by atoms with Crippen molar-refractivity contribution in [2.24, 2.45) is 11.7 Å². The zero-order chi connectivity index (χ0) is 13.7. The molecule has 1 aromatic rings. The summed E-state index contributed by atoms with van der Waals surface area (Å²) in [5.74, 6) is 0.694. The smallest absolute Gasteiger partial charge is 0.0426 e. The normalized spacial score (nSPS) is 12.8. The van der Waals surface area contributed by atoms with Gasteiger partial charge < -0.3 is 10.6 Å². The zero-order valence-electron chi connectivity index (χ0n) is 11.9. The lowest BCUT2D eigenvalue weighted by atomic mass is 10.0. The van der Waals surface area contributed by atoms with Crippen LogP contribution in [0.15, 0.2) is 18.2 Å². The molecule has 0 aliphatic carbocycles. The third kappa shape index (κ3) is 4.18. The molecule has 1 rings (SSSR count). The maximum atomic E-state index is 6.11. The van der Waals surface area contributed by atoms with Crippen LogP contribution < -0.4 is 10.6 Å². The Hall–Kier alpha value is -0.730. The number of halogens is 1. The fraction of sp³-hybridized carbons (Fsp3) is 0.600. The molecule has 2 nitrogen and oxygen atoms in total. The lowest BCUT2D eigenvalue weighted by Gasteiger charge is -2.30. The summed E-state index contributed by atoms with van der Waals surface area (Å²) in [6.45, 7) is 7.43. The van der Waals surface area contributed by atoms with Crippen molar-refractivity contribution in [3.63, 3.8) is 0 Å². The van der Waals surface area contributed by atoms with Crippen molar-refractivity contribution in [2.75, 3.05) is 18.5 Å². The summed E-state index contributed by atoms with van der Waals surface area (Å²) in [4.78, 5) is 2.32. The second-order valence-electron chi connectivity index (χ2n) is 5.40. The summed E-state index contributed by atoms with van der Waals surface area (Å²) < 4.78 is 0. The minimum atomic E-state index is 0.500. The van der Waals surface area contributed by atoms with Crippen LogP contribution in [0.1, 0.15) is 32.8 Å². The summed E-state index contributed by atoms with van der Waals surface area (Å²) in [6, 6.07) is 6.57. The van der Waals surface area contributed by atoms with Crippen LogP contribution in [0, 0.1) is 5.92 Å². The molecule has 3 heteroatoms. The Morgan fingerprint density at radius 1 is 1.28 bits per heavy atom. The van der Waals surface area contributed by atoms with Gasteiger partial charge in [0.05, 0.1) is 0 Å². The molecule has 0 heterocycles. The molecule has 0 fully saturated rings. The van der Waals surface area contributed by atoms with E-state index < -0.39 is 0 Å². The van der Waals surface area contributed by atoms with Crippen molar-refractivity contribution < 1.29 is 0 Å². The first-order chi connectivity index (χ1) is 8.45. The maximum absolute atomic E-state index is 6.11. The molecular weight excluding hydrogens is 244 g/mol. The fourth-order valence-corrected chi connectivity index (χ4v) is 2.48. The van der Waals surface area contributed by atoms with Crippen LogP contribution in [0.4, 0.5) is 5.69 Å². The molecule has 0 aromatic heterocycles. The Bertz CT molecular complexity index is 377. The van der Waals surface area contributed by atoms with E-state index in [-0.39, 0.29) is 0 Å². The van der Waals surface area contributed by atoms with Crippen LogP contribution in [0.5, 0.6) is 0 Å². The highest BCUT2D eigenvalue weighted by molar-refractivity contribution is 6.30. The highest BCUT2D eigenvalue weighted by atomic mass is 35.5. The molecule has 0 saturated carbocycles. The predicted octanol–water partition coefficient (Wildman–Crippen LogP) is 3.71. The quantitative estimate of drug-likeness (QED) is 0.852. The second kappa shape index (κ2) is 7.01. The zero-order valence-corrected chi connectivity index (χ0v) is 12.7. The Morgan fingerprint density at radius 3 is 2.50 bits per heavy atom. The predicted molar refractivity (Wildman–Crippen MR) is 81.5 cm³/mol. The first kappa shape index (κ1) is 15.3. The average molecular weight is 269 g/mol. The van der Waals surface area contributed by atoms with Gasteiger partial charge >= 0.3 is 0 Å². The Kier molecular flexibility index (Phi) is 5.97. The van der Waals surface area contributed by atoms with E-state index in [0.29, 0.717) is 18.5 Å². The van der Waals surface area contributed by atoms with Crippen LogP contribution in [0.25, 0.3) is 0 Å².